The lowest BCUT2D eigenvalue weighted by Crippen LogP contribution is -2.51. The fourth-order valence-corrected chi connectivity index (χ4v) is 5.20. The van der Waals surface area contributed by atoms with Crippen LogP contribution in [0.3, 0.4) is 0 Å². The highest BCUT2D eigenvalue weighted by Crippen LogP contribution is 2.41. The Hall–Kier alpha value is -2.27. The molecule has 2 amide bonds. The van der Waals surface area contributed by atoms with Crippen LogP contribution in [0, 0.1) is 26.2 Å². The number of anilines is 1. The first-order chi connectivity index (χ1) is 13.6. The van der Waals surface area contributed by atoms with E-state index in [1.807, 2.05) is 63.2 Å². The minimum absolute atomic E-state index is 0.0647. The van der Waals surface area contributed by atoms with E-state index in [1.54, 1.807) is 16.7 Å². The molecule has 29 heavy (non-hydrogen) atoms. The van der Waals surface area contributed by atoms with Crippen molar-refractivity contribution in [3.05, 3.63) is 64.7 Å². The number of nitrogens with one attached hydrogen (secondary N) is 1. The van der Waals surface area contributed by atoms with Gasteiger partial charge in [-0.3, -0.25) is 9.59 Å². The summed E-state index contributed by atoms with van der Waals surface area (Å²) in [5, 5.41) is 2.96. The zero-order valence-corrected chi connectivity index (χ0v) is 18.9. The minimum atomic E-state index is -0.502. The van der Waals surface area contributed by atoms with Gasteiger partial charge in [0.1, 0.15) is 6.04 Å². The molecule has 0 aromatic heterocycles. The maximum absolute atomic E-state index is 13.5. The summed E-state index contributed by atoms with van der Waals surface area (Å²) in [5.74, 6) is 0.388. The van der Waals surface area contributed by atoms with Crippen molar-refractivity contribution >= 4 is 29.3 Å². The van der Waals surface area contributed by atoms with E-state index < -0.39 is 6.04 Å². The van der Waals surface area contributed by atoms with Gasteiger partial charge in [0.05, 0.1) is 5.37 Å². The second-order valence-corrected chi connectivity index (χ2v) is 10.00. The molecule has 4 nitrogen and oxygen atoms in total. The molecule has 1 saturated heterocycles. The van der Waals surface area contributed by atoms with Gasteiger partial charge in [0, 0.05) is 17.0 Å². The van der Waals surface area contributed by atoms with Crippen LogP contribution in [-0.4, -0.2) is 33.9 Å². The Labute approximate surface area is 178 Å². The van der Waals surface area contributed by atoms with Crippen molar-refractivity contribution < 1.29 is 9.59 Å². The first-order valence-corrected chi connectivity index (χ1v) is 11.0. The SMILES string of the molecule is Cc1ccc(NC(=O)[C@H]2CS[C@@H](C(C)(C)C)N2C(=O)c2ccccc2C)cc1C. The standard InChI is InChI=1S/C24H30N2O2S/c1-15-11-12-18(13-17(15)3)25-21(27)20-14-29-23(24(4,5)6)26(20)22(28)19-10-8-7-9-16(19)2/h7-13,20,23H,14H2,1-6H3,(H,25,27)/t20-,23+/m1/s1. The highest BCUT2D eigenvalue weighted by molar-refractivity contribution is 8.00. The third kappa shape index (κ3) is 4.50. The number of benzene rings is 2. The predicted molar refractivity (Wildman–Crippen MR) is 121 cm³/mol. The van der Waals surface area contributed by atoms with Crippen LogP contribution >= 0.6 is 11.8 Å². The van der Waals surface area contributed by atoms with Crippen LogP contribution in [0.15, 0.2) is 42.5 Å². The van der Waals surface area contributed by atoms with Crippen molar-refractivity contribution in [1.82, 2.24) is 4.90 Å². The molecule has 0 radical (unpaired) electrons. The molecule has 1 N–H and O–H groups in total. The molecule has 5 heteroatoms. The fraction of sp³-hybridized carbons (Fsp3) is 0.417. The number of hydrogen-bond acceptors (Lipinski definition) is 3. The Morgan fingerprint density at radius 1 is 1.00 bits per heavy atom. The quantitative estimate of drug-likeness (QED) is 0.758. The van der Waals surface area contributed by atoms with E-state index in [1.165, 1.54) is 5.56 Å². The van der Waals surface area contributed by atoms with E-state index in [0.717, 1.165) is 16.8 Å². The van der Waals surface area contributed by atoms with Gasteiger partial charge in [-0.25, -0.2) is 0 Å². The summed E-state index contributed by atoms with van der Waals surface area (Å²) in [5.41, 5.74) is 4.53. The first-order valence-electron chi connectivity index (χ1n) is 9.97. The van der Waals surface area contributed by atoms with Gasteiger partial charge in [-0.05, 0) is 61.1 Å². The van der Waals surface area contributed by atoms with E-state index in [9.17, 15) is 9.59 Å². The molecule has 2 atom stereocenters. The molecule has 3 rings (SSSR count). The van der Waals surface area contributed by atoms with Crippen LogP contribution < -0.4 is 5.32 Å². The summed E-state index contributed by atoms with van der Waals surface area (Å²) in [7, 11) is 0. The number of amides is 2. The highest BCUT2D eigenvalue weighted by Gasteiger charge is 2.46. The Kier molecular flexibility index (Phi) is 6.08. The molecule has 1 fully saturated rings. The van der Waals surface area contributed by atoms with Crippen molar-refractivity contribution in [3.63, 3.8) is 0 Å². The number of nitrogens with zero attached hydrogens (tertiary/aromatic N) is 1. The first kappa shape index (κ1) is 21.4. The van der Waals surface area contributed by atoms with Crippen LogP contribution in [0.2, 0.25) is 0 Å². The molecular formula is C24H30N2O2S. The molecule has 0 spiro atoms. The van der Waals surface area contributed by atoms with E-state index in [-0.39, 0.29) is 22.6 Å². The van der Waals surface area contributed by atoms with Gasteiger partial charge in [-0.1, -0.05) is 45.0 Å². The molecule has 2 aromatic rings. The summed E-state index contributed by atoms with van der Waals surface area (Å²) in [6.07, 6.45) is 0. The Bertz CT molecular complexity index is 933. The second-order valence-electron chi connectivity index (χ2n) is 8.88. The van der Waals surface area contributed by atoms with Crippen molar-refractivity contribution in [1.29, 1.82) is 0 Å². The summed E-state index contributed by atoms with van der Waals surface area (Å²) in [6.45, 7) is 12.4. The van der Waals surface area contributed by atoms with Gasteiger partial charge in [-0.2, -0.15) is 0 Å². The van der Waals surface area contributed by atoms with Crippen molar-refractivity contribution in [2.24, 2.45) is 5.41 Å². The lowest BCUT2D eigenvalue weighted by atomic mass is 9.94. The molecule has 1 aliphatic rings. The third-order valence-corrected chi connectivity index (χ3v) is 7.19. The zero-order valence-electron chi connectivity index (χ0n) is 18.1. The van der Waals surface area contributed by atoms with Gasteiger partial charge in [0.25, 0.3) is 5.91 Å². The number of carbonyl (C=O) groups excluding carboxylic acids is 2. The summed E-state index contributed by atoms with van der Waals surface area (Å²) >= 11 is 1.68. The van der Waals surface area contributed by atoms with E-state index in [2.05, 4.69) is 26.1 Å². The molecule has 0 aliphatic carbocycles. The normalized spacial score (nSPS) is 19.3. The average Bonchev–Trinajstić information content (AvgIpc) is 3.10. The van der Waals surface area contributed by atoms with Crippen LogP contribution in [-0.2, 0) is 4.79 Å². The second kappa shape index (κ2) is 8.23. The Balaban J connectivity index is 1.91. The monoisotopic (exact) mass is 410 g/mol. The molecular weight excluding hydrogens is 380 g/mol. The molecule has 0 saturated carbocycles. The third-order valence-electron chi connectivity index (χ3n) is 5.43. The Morgan fingerprint density at radius 3 is 2.31 bits per heavy atom. The minimum Gasteiger partial charge on any atom is -0.324 e. The number of thioether (sulfide) groups is 1. The number of rotatable bonds is 3. The molecule has 0 bridgehead atoms. The van der Waals surface area contributed by atoms with Gasteiger partial charge in [0.15, 0.2) is 0 Å². The number of carbonyl (C=O) groups is 2. The van der Waals surface area contributed by atoms with E-state index in [4.69, 9.17) is 0 Å². The maximum atomic E-state index is 13.5. The predicted octanol–water partition coefficient (Wildman–Crippen LogP) is 5.18. The zero-order chi connectivity index (χ0) is 21.3. The maximum Gasteiger partial charge on any atom is 0.255 e. The van der Waals surface area contributed by atoms with Gasteiger partial charge >= 0.3 is 0 Å². The van der Waals surface area contributed by atoms with Crippen molar-refractivity contribution in [2.75, 3.05) is 11.1 Å². The summed E-state index contributed by atoms with van der Waals surface area (Å²) in [6, 6.07) is 13.0. The van der Waals surface area contributed by atoms with E-state index >= 15 is 0 Å². The fourth-order valence-electron chi connectivity index (χ4n) is 3.62. The lowest BCUT2D eigenvalue weighted by molar-refractivity contribution is -0.120. The smallest absolute Gasteiger partial charge is 0.255 e. The van der Waals surface area contributed by atoms with Crippen LogP contribution in [0.4, 0.5) is 5.69 Å². The van der Waals surface area contributed by atoms with Gasteiger partial charge < -0.3 is 10.2 Å². The summed E-state index contributed by atoms with van der Waals surface area (Å²) < 4.78 is 0. The largest absolute Gasteiger partial charge is 0.324 e. The van der Waals surface area contributed by atoms with E-state index in [0.29, 0.717) is 11.3 Å². The molecule has 154 valence electrons. The lowest BCUT2D eigenvalue weighted by Gasteiger charge is -2.36. The Morgan fingerprint density at radius 2 is 1.69 bits per heavy atom. The number of hydrogen-bond donors (Lipinski definition) is 1. The topological polar surface area (TPSA) is 49.4 Å². The van der Waals surface area contributed by atoms with Crippen molar-refractivity contribution in [3.8, 4) is 0 Å². The van der Waals surface area contributed by atoms with Gasteiger partial charge in [-0.15, -0.1) is 11.8 Å². The molecule has 1 aliphatic heterocycles. The molecule has 2 aromatic carbocycles. The summed E-state index contributed by atoms with van der Waals surface area (Å²) in [4.78, 5) is 28.5. The van der Waals surface area contributed by atoms with Crippen molar-refractivity contribution in [2.45, 2.75) is 53.0 Å². The van der Waals surface area contributed by atoms with Crippen LogP contribution in [0.5, 0.6) is 0 Å². The molecule has 1 heterocycles. The molecule has 0 unspecified atom stereocenters. The van der Waals surface area contributed by atoms with Crippen LogP contribution in [0.1, 0.15) is 47.8 Å². The van der Waals surface area contributed by atoms with Crippen LogP contribution in [0.25, 0.3) is 0 Å². The van der Waals surface area contributed by atoms with Gasteiger partial charge in [0.2, 0.25) is 5.91 Å². The average molecular weight is 411 g/mol. The highest BCUT2D eigenvalue weighted by atomic mass is 32.2. The number of aryl methyl sites for hydroxylation is 3.